The molecule has 1 aliphatic rings. The Kier molecular flexibility index (Phi) is 3.75. The van der Waals surface area contributed by atoms with Crippen molar-refractivity contribution in [1.82, 2.24) is 34.7 Å². The standard InChI is InChI=1S/C16H17N7O2/c1-21-10-17-19-15(21)13-7-4-8-22(13)14(24)9-23-16(25)11-5-2-3-6-12(11)18-20-23/h2-3,5-6,10,13H,4,7-9H2,1H3. The number of aryl methyl sites for hydroxylation is 1. The fourth-order valence-electron chi connectivity index (χ4n) is 3.27. The second-order valence-corrected chi connectivity index (χ2v) is 6.11. The maximum absolute atomic E-state index is 12.8. The Morgan fingerprint density at radius 3 is 2.92 bits per heavy atom. The summed E-state index contributed by atoms with van der Waals surface area (Å²) in [6, 6.07) is 6.85. The Morgan fingerprint density at radius 1 is 1.28 bits per heavy atom. The highest BCUT2D eigenvalue weighted by Gasteiger charge is 2.33. The van der Waals surface area contributed by atoms with Crippen molar-refractivity contribution in [2.75, 3.05) is 6.54 Å². The van der Waals surface area contributed by atoms with Crippen LogP contribution in [0.25, 0.3) is 10.9 Å². The minimum atomic E-state index is -0.312. The number of carbonyl (C=O) groups excluding carboxylic acids is 1. The number of fused-ring (bicyclic) bond motifs is 1. The molecule has 1 aromatic carbocycles. The highest BCUT2D eigenvalue weighted by molar-refractivity contribution is 5.78. The van der Waals surface area contributed by atoms with Crippen molar-refractivity contribution in [2.24, 2.45) is 7.05 Å². The van der Waals surface area contributed by atoms with E-state index in [4.69, 9.17) is 0 Å². The first-order valence-electron chi connectivity index (χ1n) is 8.11. The van der Waals surface area contributed by atoms with Crippen LogP contribution < -0.4 is 5.56 Å². The molecular weight excluding hydrogens is 322 g/mol. The maximum atomic E-state index is 12.8. The number of hydrogen-bond donors (Lipinski definition) is 0. The van der Waals surface area contributed by atoms with E-state index in [2.05, 4.69) is 20.5 Å². The Morgan fingerprint density at radius 2 is 2.12 bits per heavy atom. The van der Waals surface area contributed by atoms with Gasteiger partial charge in [-0.25, -0.2) is 4.68 Å². The number of amides is 1. The van der Waals surface area contributed by atoms with E-state index in [1.165, 1.54) is 0 Å². The first-order chi connectivity index (χ1) is 12.1. The number of aromatic nitrogens is 6. The third-order valence-corrected chi connectivity index (χ3v) is 4.53. The van der Waals surface area contributed by atoms with Gasteiger partial charge in [-0.15, -0.1) is 15.3 Å². The van der Waals surface area contributed by atoms with Crippen LogP contribution in [0.5, 0.6) is 0 Å². The van der Waals surface area contributed by atoms with Gasteiger partial charge in [0.25, 0.3) is 5.56 Å². The first-order valence-corrected chi connectivity index (χ1v) is 8.11. The summed E-state index contributed by atoms with van der Waals surface area (Å²) < 4.78 is 2.94. The highest BCUT2D eigenvalue weighted by Crippen LogP contribution is 2.30. The summed E-state index contributed by atoms with van der Waals surface area (Å²) in [6.45, 7) is 0.497. The molecule has 1 aliphatic heterocycles. The summed E-state index contributed by atoms with van der Waals surface area (Å²) in [5.41, 5.74) is 0.211. The molecule has 0 radical (unpaired) electrons. The van der Waals surface area contributed by atoms with Gasteiger partial charge in [0.1, 0.15) is 18.4 Å². The second-order valence-electron chi connectivity index (χ2n) is 6.11. The summed E-state index contributed by atoms with van der Waals surface area (Å²) in [4.78, 5) is 27.0. The van der Waals surface area contributed by atoms with Crippen LogP contribution in [0.3, 0.4) is 0 Å². The fraction of sp³-hybridized carbons (Fsp3) is 0.375. The predicted octanol–water partition coefficient (Wildman–Crippen LogP) is 0.284. The zero-order valence-corrected chi connectivity index (χ0v) is 13.7. The molecule has 1 fully saturated rings. The van der Waals surface area contributed by atoms with Crippen molar-refractivity contribution in [2.45, 2.75) is 25.4 Å². The van der Waals surface area contributed by atoms with Crippen molar-refractivity contribution in [3.8, 4) is 0 Å². The van der Waals surface area contributed by atoms with E-state index in [9.17, 15) is 9.59 Å². The lowest BCUT2D eigenvalue weighted by Gasteiger charge is -2.23. The molecule has 25 heavy (non-hydrogen) atoms. The van der Waals surface area contributed by atoms with E-state index in [0.717, 1.165) is 23.3 Å². The monoisotopic (exact) mass is 339 g/mol. The third-order valence-electron chi connectivity index (χ3n) is 4.53. The number of carbonyl (C=O) groups is 1. The van der Waals surface area contributed by atoms with Crippen LogP contribution in [0, 0.1) is 0 Å². The van der Waals surface area contributed by atoms with Gasteiger partial charge in [-0.2, -0.15) is 0 Å². The number of rotatable bonds is 3. The summed E-state index contributed by atoms with van der Waals surface area (Å²) in [5.74, 6) is 0.583. The molecule has 0 N–H and O–H groups in total. The van der Waals surface area contributed by atoms with Gasteiger partial charge >= 0.3 is 0 Å². The van der Waals surface area contributed by atoms with Crippen LogP contribution in [0.1, 0.15) is 24.7 Å². The minimum Gasteiger partial charge on any atom is -0.331 e. The number of nitrogens with zero attached hydrogens (tertiary/aromatic N) is 7. The van der Waals surface area contributed by atoms with E-state index in [1.807, 2.05) is 11.6 Å². The van der Waals surface area contributed by atoms with Crippen LogP contribution in [-0.2, 0) is 18.4 Å². The van der Waals surface area contributed by atoms with Crippen molar-refractivity contribution >= 4 is 16.8 Å². The Hall–Kier alpha value is -3.10. The topological polar surface area (TPSA) is 98.8 Å². The Labute approximate surface area is 142 Å². The normalized spacial score (nSPS) is 17.3. The maximum Gasteiger partial charge on any atom is 0.278 e. The second kappa shape index (κ2) is 6.08. The summed E-state index contributed by atoms with van der Waals surface area (Å²) >= 11 is 0. The molecule has 3 aromatic rings. The minimum absolute atomic E-state index is 0.121. The first kappa shape index (κ1) is 15.4. The smallest absolute Gasteiger partial charge is 0.278 e. The SMILES string of the molecule is Cn1cnnc1C1CCCN1C(=O)Cn1nnc2ccccc2c1=O. The Bertz CT molecular complexity index is 993. The molecule has 128 valence electrons. The van der Waals surface area contributed by atoms with Gasteiger partial charge < -0.3 is 9.47 Å². The molecule has 1 amide bonds. The molecule has 9 nitrogen and oxygen atoms in total. The largest absolute Gasteiger partial charge is 0.331 e. The van der Waals surface area contributed by atoms with Gasteiger partial charge in [0, 0.05) is 13.6 Å². The van der Waals surface area contributed by atoms with E-state index >= 15 is 0 Å². The van der Waals surface area contributed by atoms with Gasteiger partial charge in [0.15, 0.2) is 5.82 Å². The van der Waals surface area contributed by atoms with Gasteiger partial charge in [-0.05, 0) is 25.0 Å². The zero-order chi connectivity index (χ0) is 17.4. The number of benzene rings is 1. The molecule has 0 aliphatic carbocycles. The molecule has 1 atom stereocenters. The van der Waals surface area contributed by atoms with E-state index in [-0.39, 0.29) is 24.1 Å². The molecule has 1 saturated heterocycles. The molecule has 0 bridgehead atoms. The summed E-state index contributed by atoms with van der Waals surface area (Å²) in [5, 5.41) is 16.4. The molecule has 3 heterocycles. The number of hydrogen-bond acceptors (Lipinski definition) is 6. The molecule has 1 unspecified atom stereocenters. The predicted molar refractivity (Wildman–Crippen MR) is 88.5 cm³/mol. The highest BCUT2D eigenvalue weighted by atomic mass is 16.2. The third kappa shape index (κ3) is 2.67. The van der Waals surface area contributed by atoms with Gasteiger partial charge in [-0.3, -0.25) is 9.59 Å². The molecule has 2 aromatic heterocycles. The van der Waals surface area contributed by atoms with Crippen molar-refractivity contribution in [3.63, 3.8) is 0 Å². The van der Waals surface area contributed by atoms with Gasteiger partial charge in [0.05, 0.1) is 11.4 Å². The van der Waals surface area contributed by atoms with Gasteiger partial charge in [-0.1, -0.05) is 17.3 Å². The van der Waals surface area contributed by atoms with Crippen LogP contribution in [0.2, 0.25) is 0 Å². The molecular formula is C16H17N7O2. The average molecular weight is 339 g/mol. The van der Waals surface area contributed by atoms with Crippen LogP contribution in [0.4, 0.5) is 0 Å². The molecule has 9 heteroatoms. The Balaban J connectivity index is 1.61. The number of likely N-dealkylation sites (tertiary alicyclic amines) is 1. The molecule has 0 saturated carbocycles. The fourth-order valence-corrected chi connectivity index (χ4v) is 3.27. The van der Waals surface area contributed by atoms with Crippen LogP contribution in [0.15, 0.2) is 35.4 Å². The van der Waals surface area contributed by atoms with Crippen molar-refractivity contribution in [3.05, 3.63) is 46.8 Å². The van der Waals surface area contributed by atoms with Crippen molar-refractivity contribution < 1.29 is 4.79 Å². The average Bonchev–Trinajstić information content (AvgIpc) is 3.26. The lowest BCUT2D eigenvalue weighted by atomic mass is 10.2. The molecule has 4 rings (SSSR count). The van der Waals surface area contributed by atoms with E-state index in [0.29, 0.717) is 17.4 Å². The van der Waals surface area contributed by atoms with Crippen molar-refractivity contribution in [1.29, 1.82) is 0 Å². The van der Waals surface area contributed by atoms with Crippen LogP contribution in [-0.4, -0.2) is 47.1 Å². The lowest BCUT2D eigenvalue weighted by molar-refractivity contribution is -0.133. The van der Waals surface area contributed by atoms with E-state index in [1.54, 1.807) is 35.5 Å². The summed E-state index contributed by atoms with van der Waals surface area (Å²) in [7, 11) is 1.86. The zero-order valence-electron chi connectivity index (χ0n) is 13.7. The quantitative estimate of drug-likeness (QED) is 0.680. The molecule has 0 spiro atoms. The summed E-state index contributed by atoms with van der Waals surface area (Å²) in [6.07, 6.45) is 3.34. The van der Waals surface area contributed by atoms with E-state index < -0.39 is 0 Å². The van der Waals surface area contributed by atoms with Gasteiger partial charge in [0.2, 0.25) is 5.91 Å². The van der Waals surface area contributed by atoms with Crippen LogP contribution >= 0.6 is 0 Å². The lowest BCUT2D eigenvalue weighted by Crippen LogP contribution is -2.38.